The minimum absolute atomic E-state index is 0.108. The van der Waals surface area contributed by atoms with Gasteiger partial charge in [-0.1, -0.05) is 13.0 Å². The topological polar surface area (TPSA) is 57.6 Å². The lowest BCUT2D eigenvalue weighted by atomic mass is 9.55. The van der Waals surface area contributed by atoms with Crippen LogP contribution >= 0.6 is 0 Å². The zero-order valence-electron chi connectivity index (χ0n) is 17.4. The first-order chi connectivity index (χ1) is 13.4. The van der Waals surface area contributed by atoms with Gasteiger partial charge < -0.3 is 10.0 Å². The van der Waals surface area contributed by atoms with Crippen molar-refractivity contribution in [2.75, 3.05) is 13.1 Å². The van der Waals surface area contributed by atoms with Crippen molar-refractivity contribution in [3.05, 3.63) is 29.3 Å². The average Bonchev–Trinajstić information content (AvgIpc) is 2.93. The summed E-state index contributed by atoms with van der Waals surface area (Å²) in [5.41, 5.74) is 2.40. The molecule has 152 valence electrons. The molecule has 4 heteroatoms. The number of phenolic OH excluding ortho intramolecular Hbond substituents is 1. The van der Waals surface area contributed by atoms with Crippen LogP contribution in [0.5, 0.6) is 5.75 Å². The molecule has 0 spiro atoms. The smallest absolute Gasteiger partial charge is 0.223 e. The van der Waals surface area contributed by atoms with Gasteiger partial charge in [0.05, 0.1) is 0 Å². The molecule has 1 amide bonds. The molecule has 1 N–H and O–H groups in total. The molecule has 28 heavy (non-hydrogen) atoms. The summed E-state index contributed by atoms with van der Waals surface area (Å²) in [5.74, 6) is 2.11. The van der Waals surface area contributed by atoms with Gasteiger partial charge in [0, 0.05) is 30.8 Å². The summed E-state index contributed by atoms with van der Waals surface area (Å²) in [4.78, 5) is 27.9. The number of carbonyl (C=O) groups is 2. The molecule has 1 aromatic carbocycles. The Morgan fingerprint density at radius 2 is 2.00 bits per heavy atom. The van der Waals surface area contributed by atoms with E-state index < -0.39 is 0 Å². The number of amides is 1. The van der Waals surface area contributed by atoms with Crippen molar-refractivity contribution in [1.82, 2.24) is 4.90 Å². The van der Waals surface area contributed by atoms with E-state index in [1.54, 1.807) is 6.07 Å². The maximum absolute atomic E-state index is 13.4. The lowest BCUT2D eigenvalue weighted by Gasteiger charge is -2.48. The van der Waals surface area contributed by atoms with Gasteiger partial charge >= 0.3 is 0 Å². The first-order valence-corrected chi connectivity index (χ1v) is 11.0. The van der Waals surface area contributed by atoms with E-state index in [0.29, 0.717) is 48.8 Å². The highest BCUT2D eigenvalue weighted by atomic mass is 16.3. The Bertz CT molecular complexity index is 784. The molecule has 0 saturated heterocycles. The average molecular weight is 384 g/mol. The summed E-state index contributed by atoms with van der Waals surface area (Å²) in [6, 6.07) is 5.83. The minimum Gasteiger partial charge on any atom is -0.508 e. The SMILES string of the molecule is CCN(CC)C(=O)CC1C[C@H]2[C@@H]3CCc4cc(O)ccc4[C@H]3CC[C@]2(C)C1=O. The third kappa shape index (κ3) is 2.96. The largest absolute Gasteiger partial charge is 0.508 e. The lowest BCUT2D eigenvalue weighted by molar-refractivity contribution is -0.137. The molecule has 0 radical (unpaired) electrons. The van der Waals surface area contributed by atoms with Crippen molar-refractivity contribution in [3.8, 4) is 5.75 Å². The second-order valence-corrected chi connectivity index (χ2v) is 9.32. The van der Waals surface area contributed by atoms with Crippen LogP contribution in [0.2, 0.25) is 0 Å². The van der Waals surface area contributed by atoms with Crippen molar-refractivity contribution in [1.29, 1.82) is 0 Å². The number of benzene rings is 1. The molecular formula is C24H33NO3. The van der Waals surface area contributed by atoms with Crippen molar-refractivity contribution in [2.45, 2.75) is 65.2 Å². The highest BCUT2D eigenvalue weighted by Gasteiger charge is 2.58. The summed E-state index contributed by atoms with van der Waals surface area (Å²) in [7, 11) is 0. The number of Topliss-reactive ketones (excluding diaryl/α,β-unsaturated/α-hetero) is 1. The van der Waals surface area contributed by atoms with Gasteiger partial charge in [-0.2, -0.15) is 0 Å². The molecule has 0 bridgehead atoms. The third-order valence-corrected chi connectivity index (χ3v) is 8.11. The molecule has 4 rings (SSSR count). The van der Waals surface area contributed by atoms with Gasteiger partial charge in [0.1, 0.15) is 11.5 Å². The quantitative estimate of drug-likeness (QED) is 0.843. The molecule has 0 aliphatic heterocycles. The molecular weight excluding hydrogens is 350 g/mol. The predicted octanol–water partition coefficient (Wildman–Crippen LogP) is 4.30. The summed E-state index contributed by atoms with van der Waals surface area (Å²) in [5, 5.41) is 9.83. The molecule has 0 aromatic heterocycles. The fourth-order valence-electron chi connectivity index (χ4n) is 6.60. The van der Waals surface area contributed by atoms with E-state index in [4.69, 9.17) is 0 Å². The van der Waals surface area contributed by atoms with Gasteiger partial charge in [0.2, 0.25) is 5.91 Å². The standard InChI is InChI=1S/C24H33NO3/c1-4-25(5-2)22(27)14-16-13-21-20-8-6-15-12-17(26)7-9-18(15)19(20)10-11-24(21,3)23(16)28/h7,9,12,16,19-21,26H,4-6,8,10-11,13-14H2,1-3H3/t16?,19-,20-,21+,24+/m1/s1. The van der Waals surface area contributed by atoms with Gasteiger partial charge in [-0.3, -0.25) is 9.59 Å². The molecule has 2 fully saturated rings. The van der Waals surface area contributed by atoms with Gasteiger partial charge in [-0.25, -0.2) is 0 Å². The number of phenols is 1. The third-order valence-electron chi connectivity index (χ3n) is 8.11. The van der Waals surface area contributed by atoms with Crippen molar-refractivity contribution in [2.24, 2.45) is 23.2 Å². The molecule has 3 aliphatic carbocycles. The van der Waals surface area contributed by atoms with Gasteiger partial charge in [-0.05, 0) is 87.0 Å². The first-order valence-electron chi connectivity index (χ1n) is 11.0. The number of hydrogen-bond donors (Lipinski definition) is 1. The lowest BCUT2D eigenvalue weighted by Crippen LogP contribution is -2.42. The number of hydrogen-bond acceptors (Lipinski definition) is 3. The fourth-order valence-corrected chi connectivity index (χ4v) is 6.60. The van der Waals surface area contributed by atoms with Gasteiger partial charge in [-0.15, -0.1) is 0 Å². The van der Waals surface area contributed by atoms with Crippen LogP contribution in [0, 0.1) is 23.2 Å². The van der Waals surface area contributed by atoms with Crippen molar-refractivity contribution >= 4 is 11.7 Å². The van der Waals surface area contributed by atoms with Gasteiger partial charge in [0.25, 0.3) is 0 Å². The molecule has 0 heterocycles. The monoisotopic (exact) mass is 383 g/mol. The molecule has 3 aliphatic rings. The Kier molecular flexibility index (Phi) is 5.01. The van der Waals surface area contributed by atoms with Crippen LogP contribution in [-0.4, -0.2) is 34.8 Å². The predicted molar refractivity (Wildman–Crippen MR) is 109 cm³/mol. The number of ketones is 1. The van der Waals surface area contributed by atoms with E-state index in [1.807, 2.05) is 24.8 Å². The second kappa shape index (κ2) is 7.20. The molecule has 1 unspecified atom stereocenters. The van der Waals surface area contributed by atoms with Gasteiger partial charge in [0.15, 0.2) is 0 Å². The van der Waals surface area contributed by atoms with Crippen LogP contribution in [0.15, 0.2) is 18.2 Å². The highest BCUT2D eigenvalue weighted by molar-refractivity contribution is 5.93. The minimum atomic E-state index is -0.260. The van der Waals surface area contributed by atoms with E-state index in [2.05, 4.69) is 13.0 Å². The summed E-state index contributed by atoms with van der Waals surface area (Å²) >= 11 is 0. The molecule has 1 aromatic rings. The van der Waals surface area contributed by atoms with Crippen molar-refractivity contribution < 1.29 is 14.7 Å². The fraction of sp³-hybridized carbons (Fsp3) is 0.667. The van der Waals surface area contributed by atoms with Crippen LogP contribution < -0.4 is 0 Å². The Labute approximate surface area is 168 Å². The number of aryl methyl sites for hydroxylation is 1. The number of aromatic hydroxyl groups is 1. The van der Waals surface area contributed by atoms with E-state index in [1.165, 1.54) is 11.1 Å². The van der Waals surface area contributed by atoms with Crippen LogP contribution in [0.4, 0.5) is 0 Å². The zero-order chi connectivity index (χ0) is 20.1. The maximum Gasteiger partial charge on any atom is 0.223 e. The Balaban J connectivity index is 1.56. The number of nitrogens with zero attached hydrogens (tertiary/aromatic N) is 1. The first kappa shape index (κ1) is 19.5. The van der Waals surface area contributed by atoms with Crippen LogP contribution in [-0.2, 0) is 16.0 Å². The second-order valence-electron chi connectivity index (χ2n) is 9.32. The van der Waals surface area contributed by atoms with Crippen LogP contribution in [0.3, 0.4) is 0 Å². The van der Waals surface area contributed by atoms with E-state index in [0.717, 1.165) is 32.1 Å². The highest BCUT2D eigenvalue weighted by Crippen LogP contribution is 2.61. The molecule has 4 nitrogen and oxygen atoms in total. The molecule has 2 saturated carbocycles. The number of carbonyl (C=O) groups excluding carboxylic acids is 2. The maximum atomic E-state index is 13.4. The summed E-state index contributed by atoms with van der Waals surface area (Å²) in [6.45, 7) is 7.60. The van der Waals surface area contributed by atoms with Crippen LogP contribution in [0.1, 0.15) is 69.9 Å². The normalized spacial score (nSPS) is 33.8. The number of rotatable bonds is 4. The summed E-state index contributed by atoms with van der Waals surface area (Å²) in [6.07, 6.45) is 5.29. The number of fused-ring (bicyclic) bond motifs is 5. The molecule has 5 atom stereocenters. The Hall–Kier alpha value is -1.84. The zero-order valence-corrected chi connectivity index (χ0v) is 17.4. The van der Waals surface area contributed by atoms with E-state index in [-0.39, 0.29) is 17.2 Å². The Morgan fingerprint density at radius 1 is 1.25 bits per heavy atom. The van der Waals surface area contributed by atoms with Crippen molar-refractivity contribution in [3.63, 3.8) is 0 Å². The van der Waals surface area contributed by atoms with Crippen LogP contribution in [0.25, 0.3) is 0 Å². The Morgan fingerprint density at radius 3 is 2.71 bits per heavy atom. The van der Waals surface area contributed by atoms with E-state index >= 15 is 0 Å². The van der Waals surface area contributed by atoms with E-state index in [9.17, 15) is 14.7 Å². The summed E-state index contributed by atoms with van der Waals surface area (Å²) < 4.78 is 0.